The number of aromatic nitrogens is 2. The van der Waals surface area contributed by atoms with E-state index in [0.29, 0.717) is 5.69 Å². The van der Waals surface area contributed by atoms with E-state index < -0.39 is 0 Å². The summed E-state index contributed by atoms with van der Waals surface area (Å²) in [6, 6.07) is 47.3. The second-order valence-corrected chi connectivity index (χ2v) is 10.6. The van der Waals surface area contributed by atoms with Crippen molar-refractivity contribution >= 4 is 49.3 Å². The van der Waals surface area contributed by atoms with E-state index in [4.69, 9.17) is 6.57 Å². The Labute approximate surface area is 238 Å². The van der Waals surface area contributed by atoms with E-state index in [1.165, 1.54) is 27.4 Å². The van der Waals surface area contributed by atoms with Gasteiger partial charge in [0.25, 0.3) is 0 Å². The molecule has 3 nitrogen and oxygen atoms in total. The topological polar surface area (TPSA) is 14.2 Å². The number of nitrogens with zero attached hydrogens (tertiary/aromatic N) is 3. The zero-order valence-corrected chi connectivity index (χ0v) is 22.5. The van der Waals surface area contributed by atoms with Crippen LogP contribution in [0.4, 0.5) is 5.69 Å². The molecule has 0 spiro atoms. The number of rotatable bonds is 3. The van der Waals surface area contributed by atoms with Crippen molar-refractivity contribution in [2.24, 2.45) is 0 Å². The van der Waals surface area contributed by atoms with Gasteiger partial charge in [-0.2, -0.15) is 0 Å². The number of hydrogen-bond acceptors (Lipinski definition) is 0. The zero-order chi connectivity index (χ0) is 27.5. The second kappa shape index (κ2) is 8.98. The fourth-order valence-electron chi connectivity index (χ4n) is 6.36. The first kappa shape index (κ1) is 23.3. The third kappa shape index (κ3) is 3.51. The lowest BCUT2D eigenvalue weighted by Crippen LogP contribution is -1.96. The smallest absolute Gasteiger partial charge is 0.188 e. The molecule has 3 heteroatoms. The van der Waals surface area contributed by atoms with Gasteiger partial charge in [-0.05, 0) is 83.6 Å². The van der Waals surface area contributed by atoms with Crippen molar-refractivity contribution in [2.75, 3.05) is 0 Å². The Kier molecular flexibility index (Phi) is 5.10. The van der Waals surface area contributed by atoms with Gasteiger partial charge >= 0.3 is 0 Å². The van der Waals surface area contributed by atoms with Crippen LogP contribution < -0.4 is 0 Å². The molecule has 2 heterocycles. The minimum Gasteiger partial charge on any atom is -0.309 e. The lowest BCUT2D eigenvalue weighted by Gasteiger charge is -2.12. The largest absolute Gasteiger partial charge is 0.309 e. The SMILES string of the molecule is [C-]#[N+]c1ccc2c(c1)c1cc(-c3cccc(-n4c5ccccc5c5ccccc54)c3)ccc1n2-c1ccccc1C. The molecule has 0 saturated heterocycles. The van der Waals surface area contributed by atoms with Crippen LogP contribution >= 0.6 is 0 Å². The Balaban J connectivity index is 1.36. The summed E-state index contributed by atoms with van der Waals surface area (Å²) in [5.74, 6) is 0. The maximum Gasteiger partial charge on any atom is 0.188 e. The van der Waals surface area contributed by atoms with Crippen LogP contribution in [-0.4, -0.2) is 9.13 Å². The number of aryl methyl sites for hydroxylation is 1. The minimum atomic E-state index is 0.653. The Morgan fingerprint density at radius 1 is 0.488 bits per heavy atom. The van der Waals surface area contributed by atoms with Crippen LogP contribution in [0.5, 0.6) is 0 Å². The molecule has 0 fully saturated rings. The summed E-state index contributed by atoms with van der Waals surface area (Å²) in [5, 5.41) is 4.76. The third-order valence-electron chi connectivity index (χ3n) is 8.25. The number of fused-ring (bicyclic) bond motifs is 6. The van der Waals surface area contributed by atoms with Gasteiger partial charge in [-0.3, -0.25) is 0 Å². The van der Waals surface area contributed by atoms with Crippen LogP contribution in [0.15, 0.2) is 133 Å². The Morgan fingerprint density at radius 2 is 1.10 bits per heavy atom. The van der Waals surface area contributed by atoms with Gasteiger partial charge in [0, 0.05) is 27.5 Å². The highest BCUT2D eigenvalue weighted by Crippen LogP contribution is 2.38. The van der Waals surface area contributed by atoms with Crippen LogP contribution in [0.2, 0.25) is 0 Å². The molecule has 0 radical (unpaired) electrons. The van der Waals surface area contributed by atoms with Gasteiger partial charge in [0.15, 0.2) is 5.69 Å². The molecule has 0 amide bonds. The average molecular weight is 524 g/mol. The van der Waals surface area contributed by atoms with Crippen molar-refractivity contribution in [3.63, 3.8) is 0 Å². The van der Waals surface area contributed by atoms with Crippen LogP contribution in [-0.2, 0) is 0 Å². The molecule has 0 atom stereocenters. The predicted octanol–water partition coefficient (Wildman–Crippen LogP) is 10.4. The van der Waals surface area contributed by atoms with Crippen LogP contribution in [0, 0.1) is 13.5 Å². The molecule has 0 aliphatic heterocycles. The highest BCUT2D eigenvalue weighted by atomic mass is 15.0. The first-order valence-electron chi connectivity index (χ1n) is 13.8. The molecule has 0 aliphatic rings. The zero-order valence-electron chi connectivity index (χ0n) is 22.5. The first-order chi connectivity index (χ1) is 20.2. The highest BCUT2D eigenvalue weighted by molar-refractivity contribution is 6.12. The molecule has 6 aromatic carbocycles. The van der Waals surface area contributed by atoms with E-state index >= 15 is 0 Å². The summed E-state index contributed by atoms with van der Waals surface area (Å²) < 4.78 is 4.69. The normalized spacial score (nSPS) is 11.5. The van der Waals surface area contributed by atoms with E-state index in [1.54, 1.807) is 0 Å². The summed E-state index contributed by atoms with van der Waals surface area (Å²) in [4.78, 5) is 3.74. The number of para-hydroxylation sites is 3. The molecule has 8 aromatic rings. The molecule has 0 N–H and O–H groups in total. The maximum atomic E-state index is 7.63. The van der Waals surface area contributed by atoms with E-state index in [-0.39, 0.29) is 0 Å². The highest BCUT2D eigenvalue weighted by Gasteiger charge is 2.16. The summed E-state index contributed by atoms with van der Waals surface area (Å²) in [6.07, 6.45) is 0. The first-order valence-corrected chi connectivity index (χ1v) is 13.8. The lowest BCUT2D eigenvalue weighted by molar-refractivity contribution is 1.15. The average Bonchev–Trinajstić information content (AvgIpc) is 3.53. The van der Waals surface area contributed by atoms with Crippen molar-refractivity contribution in [1.29, 1.82) is 0 Å². The van der Waals surface area contributed by atoms with E-state index in [1.807, 2.05) is 12.1 Å². The van der Waals surface area contributed by atoms with Crippen molar-refractivity contribution in [1.82, 2.24) is 9.13 Å². The minimum absolute atomic E-state index is 0.653. The van der Waals surface area contributed by atoms with Gasteiger partial charge < -0.3 is 9.13 Å². The number of benzene rings is 6. The fraction of sp³-hybridized carbons (Fsp3) is 0.0263. The van der Waals surface area contributed by atoms with Crippen molar-refractivity contribution in [3.8, 4) is 22.5 Å². The fourth-order valence-corrected chi connectivity index (χ4v) is 6.36. The van der Waals surface area contributed by atoms with Crippen molar-refractivity contribution in [3.05, 3.63) is 150 Å². The van der Waals surface area contributed by atoms with E-state index in [0.717, 1.165) is 44.3 Å². The standard InChI is InChI=1S/C38H25N3/c1-25-10-3-6-15-34(25)41-37-20-18-27(23-32(37)33-24-28(39-2)19-21-38(33)41)26-11-9-12-29(22-26)40-35-16-7-4-13-30(35)31-14-5-8-17-36(31)40/h3-24H,1H3. The summed E-state index contributed by atoms with van der Waals surface area (Å²) in [6.45, 7) is 9.78. The summed E-state index contributed by atoms with van der Waals surface area (Å²) in [5.41, 5.74) is 11.1. The van der Waals surface area contributed by atoms with Gasteiger partial charge in [-0.1, -0.05) is 78.9 Å². The molecule has 0 unspecified atom stereocenters. The van der Waals surface area contributed by atoms with Gasteiger partial charge in [-0.15, -0.1) is 0 Å². The molecule has 41 heavy (non-hydrogen) atoms. The third-order valence-corrected chi connectivity index (χ3v) is 8.25. The van der Waals surface area contributed by atoms with Gasteiger partial charge in [0.2, 0.25) is 0 Å². The molecular formula is C38H25N3. The Bertz CT molecular complexity index is 2290. The molecule has 0 aliphatic carbocycles. The second-order valence-electron chi connectivity index (χ2n) is 10.6. The molecule has 2 aromatic heterocycles. The van der Waals surface area contributed by atoms with Crippen LogP contribution in [0.1, 0.15) is 5.56 Å². The molecule has 0 bridgehead atoms. The van der Waals surface area contributed by atoms with Crippen molar-refractivity contribution in [2.45, 2.75) is 6.92 Å². The van der Waals surface area contributed by atoms with Crippen molar-refractivity contribution < 1.29 is 0 Å². The lowest BCUT2D eigenvalue weighted by atomic mass is 10.0. The quantitative estimate of drug-likeness (QED) is 0.205. The predicted molar refractivity (Wildman–Crippen MR) is 172 cm³/mol. The molecule has 0 saturated carbocycles. The van der Waals surface area contributed by atoms with Gasteiger partial charge in [-0.25, -0.2) is 4.85 Å². The van der Waals surface area contributed by atoms with Crippen LogP contribution in [0.3, 0.4) is 0 Å². The summed E-state index contributed by atoms with van der Waals surface area (Å²) in [7, 11) is 0. The summed E-state index contributed by atoms with van der Waals surface area (Å²) >= 11 is 0. The number of hydrogen-bond donors (Lipinski definition) is 0. The van der Waals surface area contributed by atoms with Gasteiger partial charge in [0.1, 0.15) is 0 Å². The maximum absolute atomic E-state index is 7.63. The Morgan fingerprint density at radius 3 is 1.83 bits per heavy atom. The van der Waals surface area contributed by atoms with E-state index in [9.17, 15) is 0 Å². The Hall–Kier alpha value is -5.59. The van der Waals surface area contributed by atoms with E-state index in [2.05, 4.69) is 142 Å². The molecule has 8 rings (SSSR count). The molecular weight excluding hydrogens is 498 g/mol. The molecule has 192 valence electrons. The van der Waals surface area contributed by atoms with Gasteiger partial charge in [0.05, 0.1) is 28.6 Å². The van der Waals surface area contributed by atoms with Crippen LogP contribution in [0.25, 0.3) is 71.0 Å². The monoisotopic (exact) mass is 523 g/mol.